The van der Waals surface area contributed by atoms with Crippen LogP contribution in [-0.4, -0.2) is 29.5 Å². The molecule has 2 atom stereocenters. The van der Waals surface area contributed by atoms with Gasteiger partial charge in [0.15, 0.2) is 0 Å². The molecule has 3 heteroatoms. The first-order chi connectivity index (χ1) is 7.61. The fourth-order valence-electron chi connectivity index (χ4n) is 1.35. The minimum Gasteiger partial charge on any atom is -0.493 e. The average molecular weight is 224 g/mol. The van der Waals surface area contributed by atoms with E-state index in [1.54, 1.807) is 6.92 Å². The van der Waals surface area contributed by atoms with Crippen LogP contribution in [-0.2, 0) is 6.42 Å². The van der Waals surface area contributed by atoms with Crippen LogP contribution in [0.3, 0.4) is 0 Å². The van der Waals surface area contributed by atoms with Gasteiger partial charge in [0.1, 0.15) is 5.75 Å². The molecule has 16 heavy (non-hydrogen) atoms. The smallest absolute Gasteiger partial charge is 0.119 e. The molecule has 0 amide bonds. The quantitative estimate of drug-likeness (QED) is 0.772. The van der Waals surface area contributed by atoms with E-state index < -0.39 is 0 Å². The molecule has 0 heterocycles. The van der Waals surface area contributed by atoms with Gasteiger partial charge in [0.05, 0.1) is 12.7 Å². The van der Waals surface area contributed by atoms with Crippen LogP contribution in [0.4, 0.5) is 0 Å². The monoisotopic (exact) mass is 224 g/mol. The first kappa shape index (κ1) is 13.0. The summed E-state index contributed by atoms with van der Waals surface area (Å²) in [5.41, 5.74) is 1.09. The highest BCUT2D eigenvalue weighted by molar-refractivity contribution is 5.27. The molecule has 0 aliphatic heterocycles. The van der Waals surface area contributed by atoms with E-state index in [2.05, 4.69) is 0 Å². The molecule has 2 unspecified atom stereocenters. The summed E-state index contributed by atoms with van der Waals surface area (Å²) in [6.07, 6.45) is 0.342. The van der Waals surface area contributed by atoms with Crippen LogP contribution in [0, 0.1) is 5.92 Å². The zero-order chi connectivity index (χ0) is 12.0. The van der Waals surface area contributed by atoms with Crippen molar-refractivity contribution in [3.63, 3.8) is 0 Å². The summed E-state index contributed by atoms with van der Waals surface area (Å²) in [5, 5.41) is 18.1. The van der Waals surface area contributed by atoms with Crippen LogP contribution in [0.1, 0.15) is 19.4 Å². The summed E-state index contributed by atoms with van der Waals surface area (Å²) >= 11 is 0. The first-order valence-corrected chi connectivity index (χ1v) is 5.62. The lowest BCUT2D eigenvalue weighted by molar-refractivity contribution is 0.174. The van der Waals surface area contributed by atoms with Crippen molar-refractivity contribution in [1.29, 1.82) is 0 Å². The molecule has 0 radical (unpaired) electrons. The van der Waals surface area contributed by atoms with Crippen LogP contribution in [0.25, 0.3) is 0 Å². The number of rotatable bonds is 6. The summed E-state index contributed by atoms with van der Waals surface area (Å²) in [6, 6.07) is 7.68. The molecule has 0 fully saturated rings. The van der Waals surface area contributed by atoms with Crippen molar-refractivity contribution in [3.8, 4) is 5.75 Å². The summed E-state index contributed by atoms with van der Waals surface area (Å²) in [6.45, 7) is 4.36. The van der Waals surface area contributed by atoms with Crippen molar-refractivity contribution in [1.82, 2.24) is 0 Å². The van der Waals surface area contributed by atoms with Gasteiger partial charge in [-0.15, -0.1) is 0 Å². The van der Waals surface area contributed by atoms with Crippen molar-refractivity contribution in [2.75, 3.05) is 13.2 Å². The summed E-state index contributed by atoms with van der Waals surface area (Å²) in [7, 11) is 0. The Morgan fingerprint density at radius 3 is 2.31 bits per heavy atom. The number of ether oxygens (including phenoxy) is 1. The molecule has 0 saturated heterocycles. The highest BCUT2D eigenvalue weighted by Gasteiger charge is 2.02. The normalized spacial score (nSPS) is 14.5. The predicted molar refractivity (Wildman–Crippen MR) is 63.6 cm³/mol. The molecule has 1 rings (SSSR count). The molecule has 0 bridgehead atoms. The molecule has 0 spiro atoms. The molecule has 0 aliphatic rings. The van der Waals surface area contributed by atoms with E-state index in [1.165, 1.54) is 0 Å². The van der Waals surface area contributed by atoms with Crippen molar-refractivity contribution in [2.45, 2.75) is 26.4 Å². The lowest BCUT2D eigenvalue weighted by Gasteiger charge is -2.11. The summed E-state index contributed by atoms with van der Waals surface area (Å²) in [4.78, 5) is 0. The van der Waals surface area contributed by atoms with Crippen LogP contribution >= 0.6 is 0 Å². The van der Waals surface area contributed by atoms with Gasteiger partial charge in [0.2, 0.25) is 0 Å². The summed E-state index contributed by atoms with van der Waals surface area (Å²) in [5.74, 6) is 0.951. The molecule has 0 saturated carbocycles. The zero-order valence-corrected chi connectivity index (χ0v) is 9.89. The van der Waals surface area contributed by atoms with Crippen LogP contribution in [0.5, 0.6) is 5.75 Å². The van der Waals surface area contributed by atoms with Crippen molar-refractivity contribution in [2.24, 2.45) is 5.92 Å². The highest BCUT2D eigenvalue weighted by atomic mass is 16.5. The third kappa shape index (κ3) is 4.64. The van der Waals surface area contributed by atoms with E-state index in [-0.39, 0.29) is 18.6 Å². The van der Waals surface area contributed by atoms with Crippen LogP contribution < -0.4 is 4.74 Å². The van der Waals surface area contributed by atoms with E-state index in [9.17, 15) is 5.11 Å². The Morgan fingerprint density at radius 1 is 1.19 bits per heavy atom. The number of aliphatic hydroxyl groups excluding tert-OH is 2. The van der Waals surface area contributed by atoms with Gasteiger partial charge < -0.3 is 14.9 Å². The molecule has 0 aromatic heterocycles. The predicted octanol–water partition coefficient (Wildman–Crippen LogP) is 1.62. The van der Waals surface area contributed by atoms with Gasteiger partial charge in [0.25, 0.3) is 0 Å². The minimum atomic E-state index is -0.318. The lowest BCUT2D eigenvalue weighted by atomic mass is 10.1. The lowest BCUT2D eigenvalue weighted by Crippen LogP contribution is -2.12. The third-order valence-corrected chi connectivity index (χ3v) is 2.30. The van der Waals surface area contributed by atoms with Crippen molar-refractivity contribution < 1.29 is 14.9 Å². The summed E-state index contributed by atoms with van der Waals surface area (Å²) < 4.78 is 5.50. The largest absolute Gasteiger partial charge is 0.493 e. The van der Waals surface area contributed by atoms with E-state index >= 15 is 0 Å². The average Bonchev–Trinajstić information content (AvgIpc) is 2.27. The van der Waals surface area contributed by atoms with Gasteiger partial charge in [-0.2, -0.15) is 0 Å². The van der Waals surface area contributed by atoms with Gasteiger partial charge in [-0.25, -0.2) is 0 Å². The number of hydrogen-bond donors (Lipinski definition) is 2. The Labute approximate surface area is 96.7 Å². The maximum absolute atomic E-state index is 9.22. The molecule has 1 aromatic rings. The molecular formula is C13H20O3. The SMILES string of the molecule is CC(O)Cc1ccc(OCC(C)CO)cc1. The van der Waals surface area contributed by atoms with Crippen LogP contribution in [0.2, 0.25) is 0 Å². The number of aliphatic hydroxyl groups is 2. The topological polar surface area (TPSA) is 49.7 Å². The maximum Gasteiger partial charge on any atom is 0.119 e. The molecular weight excluding hydrogens is 204 g/mol. The van der Waals surface area contributed by atoms with Gasteiger partial charge in [-0.3, -0.25) is 0 Å². The Hall–Kier alpha value is -1.06. The van der Waals surface area contributed by atoms with E-state index in [0.29, 0.717) is 13.0 Å². The van der Waals surface area contributed by atoms with E-state index in [1.807, 2.05) is 31.2 Å². The number of benzene rings is 1. The van der Waals surface area contributed by atoms with Crippen molar-refractivity contribution >= 4 is 0 Å². The Bertz CT molecular complexity index is 293. The van der Waals surface area contributed by atoms with Gasteiger partial charge in [-0.05, 0) is 31.0 Å². The highest BCUT2D eigenvalue weighted by Crippen LogP contribution is 2.14. The Kier molecular flexibility index (Phi) is 5.29. The standard InChI is InChI=1S/C13H20O3/c1-10(8-14)9-16-13-5-3-12(4-6-13)7-11(2)15/h3-6,10-11,14-15H,7-9H2,1-2H3. The Balaban J connectivity index is 2.45. The second kappa shape index (κ2) is 6.51. The van der Waals surface area contributed by atoms with E-state index in [0.717, 1.165) is 11.3 Å². The van der Waals surface area contributed by atoms with E-state index in [4.69, 9.17) is 9.84 Å². The molecule has 3 nitrogen and oxygen atoms in total. The van der Waals surface area contributed by atoms with Gasteiger partial charge in [-0.1, -0.05) is 19.1 Å². The fourth-order valence-corrected chi connectivity index (χ4v) is 1.35. The zero-order valence-electron chi connectivity index (χ0n) is 9.89. The fraction of sp³-hybridized carbons (Fsp3) is 0.538. The molecule has 2 N–H and O–H groups in total. The molecule has 0 aliphatic carbocycles. The first-order valence-electron chi connectivity index (χ1n) is 5.62. The Morgan fingerprint density at radius 2 is 1.81 bits per heavy atom. The molecule has 1 aromatic carbocycles. The number of hydrogen-bond acceptors (Lipinski definition) is 3. The second-order valence-electron chi connectivity index (χ2n) is 4.30. The van der Waals surface area contributed by atoms with Crippen LogP contribution in [0.15, 0.2) is 24.3 Å². The van der Waals surface area contributed by atoms with Gasteiger partial charge >= 0.3 is 0 Å². The second-order valence-corrected chi connectivity index (χ2v) is 4.30. The van der Waals surface area contributed by atoms with Crippen molar-refractivity contribution in [3.05, 3.63) is 29.8 Å². The maximum atomic E-state index is 9.22. The molecule has 90 valence electrons. The van der Waals surface area contributed by atoms with Gasteiger partial charge in [0, 0.05) is 12.5 Å². The third-order valence-electron chi connectivity index (χ3n) is 2.30. The minimum absolute atomic E-state index is 0.139.